The smallest absolute Gasteiger partial charge is 0.254 e. The minimum absolute atomic E-state index is 0.453. The Balaban J connectivity index is 2.61. The van der Waals surface area contributed by atoms with E-state index in [0.717, 1.165) is 18.1 Å². The lowest BCUT2D eigenvalue weighted by atomic mass is 10.4. The highest BCUT2D eigenvalue weighted by molar-refractivity contribution is 5.46. The van der Waals surface area contributed by atoms with Crippen molar-refractivity contribution in [2.45, 2.75) is 13.8 Å². The highest BCUT2D eigenvalue weighted by atomic mass is 15.4. The van der Waals surface area contributed by atoms with Crippen molar-refractivity contribution in [1.82, 2.24) is 19.6 Å². The van der Waals surface area contributed by atoms with Crippen LogP contribution in [0.3, 0.4) is 0 Å². The van der Waals surface area contributed by atoms with Crippen molar-refractivity contribution in [3.8, 4) is 0 Å². The number of hydrogen-bond donors (Lipinski definition) is 1. The second-order valence-electron chi connectivity index (χ2n) is 3.27. The lowest BCUT2D eigenvalue weighted by Gasteiger charge is -2.20. The van der Waals surface area contributed by atoms with Crippen molar-refractivity contribution in [2.75, 3.05) is 18.1 Å². The number of anilines is 1. The lowest BCUT2D eigenvalue weighted by molar-refractivity contribution is 0.782. The summed E-state index contributed by atoms with van der Waals surface area (Å²) in [6.45, 7) is 5.26. The van der Waals surface area contributed by atoms with Gasteiger partial charge in [-0.2, -0.15) is 14.6 Å². The van der Waals surface area contributed by atoms with E-state index in [1.807, 2.05) is 24.8 Å². The summed E-state index contributed by atoms with van der Waals surface area (Å²) in [6, 6.07) is 1.96. The minimum Gasteiger partial charge on any atom is -0.344 e. The van der Waals surface area contributed by atoms with Gasteiger partial charge in [0.2, 0.25) is 0 Å². The molecule has 0 aromatic carbocycles. The van der Waals surface area contributed by atoms with Crippen molar-refractivity contribution < 1.29 is 0 Å². The predicted molar refractivity (Wildman–Crippen MR) is 57.6 cm³/mol. The number of rotatable bonds is 3. The van der Waals surface area contributed by atoms with Crippen LogP contribution in [0.25, 0.3) is 5.78 Å². The molecule has 0 spiro atoms. The summed E-state index contributed by atoms with van der Waals surface area (Å²) in [5.74, 6) is 1.54. The van der Waals surface area contributed by atoms with Gasteiger partial charge in [0.25, 0.3) is 5.78 Å². The third-order valence-electron chi connectivity index (χ3n) is 2.29. The molecule has 2 heterocycles. The summed E-state index contributed by atoms with van der Waals surface area (Å²) in [4.78, 5) is 10.3. The van der Waals surface area contributed by atoms with Crippen molar-refractivity contribution >= 4 is 11.6 Å². The molecular formula is C9H14N6. The molecule has 2 rings (SSSR count). The summed E-state index contributed by atoms with van der Waals surface area (Å²) in [5, 5.41) is 4.12. The summed E-state index contributed by atoms with van der Waals surface area (Å²) in [6.07, 6.45) is 1.50. The van der Waals surface area contributed by atoms with Gasteiger partial charge in [0.15, 0.2) is 0 Å². The molecule has 80 valence electrons. The molecule has 6 heteroatoms. The third-order valence-corrected chi connectivity index (χ3v) is 2.29. The van der Waals surface area contributed by atoms with Crippen LogP contribution in [-0.4, -0.2) is 32.8 Å². The largest absolute Gasteiger partial charge is 0.344 e. The average Bonchev–Trinajstić information content (AvgIpc) is 2.67. The molecule has 0 unspecified atom stereocenters. The van der Waals surface area contributed by atoms with Gasteiger partial charge in [-0.1, -0.05) is 0 Å². The number of nitrogens with zero attached hydrogens (tertiary/aromatic N) is 5. The van der Waals surface area contributed by atoms with Crippen LogP contribution in [0.15, 0.2) is 12.4 Å². The fraction of sp³-hybridized carbons (Fsp3) is 0.444. The monoisotopic (exact) mass is 206 g/mol. The number of aromatic nitrogens is 4. The topological polar surface area (TPSA) is 72.3 Å². The van der Waals surface area contributed by atoms with Gasteiger partial charge in [0, 0.05) is 18.3 Å². The van der Waals surface area contributed by atoms with E-state index in [4.69, 9.17) is 5.73 Å². The first-order valence-electron chi connectivity index (χ1n) is 4.88. The highest BCUT2D eigenvalue weighted by Gasteiger charge is 2.10. The number of hydrogen-bond acceptors (Lipinski definition) is 5. The van der Waals surface area contributed by atoms with Gasteiger partial charge in [0.05, 0.1) is 6.67 Å². The fourth-order valence-corrected chi connectivity index (χ4v) is 1.52. The van der Waals surface area contributed by atoms with Gasteiger partial charge in [0.1, 0.15) is 12.1 Å². The molecule has 6 nitrogen and oxygen atoms in total. The minimum atomic E-state index is 0.453. The van der Waals surface area contributed by atoms with E-state index in [-0.39, 0.29) is 0 Å². The van der Waals surface area contributed by atoms with E-state index in [9.17, 15) is 0 Å². The quantitative estimate of drug-likeness (QED) is 0.725. The van der Waals surface area contributed by atoms with Crippen molar-refractivity contribution in [3.63, 3.8) is 0 Å². The van der Waals surface area contributed by atoms with E-state index < -0.39 is 0 Å². The highest BCUT2D eigenvalue weighted by Crippen LogP contribution is 2.14. The van der Waals surface area contributed by atoms with Crippen LogP contribution >= 0.6 is 0 Å². The van der Waals surface area contributed by atoms with Gasteiger partial charge in [-0.25, -0.2) is 4.98 Å². The fourth-order valence-electron chi connectivity index (χ4n) is 1.52. The van der Waals surface area contributed by atoms with Gasteiger partial charge in [-0.15, -0.1) is 0 Å². The Morgan fingerprint density at radius 2 is 2.33 bits per heavy atom. The van der Waals surface area contributed by atoms with Gasteiger partial charge in [-0.05, 0) is 13.8 Å². The van der Waals surface area contributed by atoms with Crippen LogP contribution in [0.1, 0.15) is 12.6 Å². The molecule has 0 aliphatic rings. The zero-order valence-corrected chi connectivity index (χ0v) is 8.88. The van der Waals surface area contributed by atoms with E-state index >= 15 is 0 Å². The molecule has 2 aromatic rings. The maximum absolute atomic E-state index is 5.67. The Kier molecular flexibility index (Phi) is 2.51. The van der Waals surface area contributed by atoms with Gasteiger partial charge >= 0.3 is 0 Å². The first-order valence-corrected chi connectivity index (χ1v) is 4.88. The van der Waals surface area contributed by atoms with Crippen LogP contribution in [0.5, 0.6) is 0 Å². The second kappa shape index (κ2) is 3.82. The molecule has 0 fully saturated rings. The summed E-state index contributed by atoms with van der Waals surface area (Å²) in [5.41, 5.74) is 6.58. The molecular weight excluding hydrogens is 192 g/mol. The first-order chi connectivity index (χ1) is 7.26. The van der Waals surface area contributed by atoms with Crippen LogP contribution in [0.4, 0.5) is 5.82 Å². The molecule has 0 bridgehead atoms. The molecule has 2 N–H and O–H groups in total. The number of aryl methyl sites for hydroxylation is 1. The maximum atomic E-state index is 5.67. The van der Waals surface area contributed by atoms with Crippen LogP contribution in [-0.2, 0) is 0 Å². The van der Waals surface area contributed by atoms with Crippen LogP contribution in [0, 0.1) is 6.92 Å². The summed E-state index contributed by atoms with van der Waals surface area (Å²) in [7, 11) is 0. The van der Waals surface area contributed by atoms with Crippen molar-refractivity contribution in [3.05, 3.63) is 18.1 Å². The van der Waals surface area contributed by atoms with Gasteiger partial charge in [-0.3, -0.25) is 0 Å². The second-order valence-corrected chi connectivity index (χ2v) is 3.27. The standard InChI is InChI=1S/C9H14N6/c1-3-14(5-10)8-4-7(2)13-9-11-6-12-15(8)9/h4,6H,3,5,10H2,1-2H3. The number of fused-ring (bicyclic) bond motifs is 1. The summed E-state index contributed by atoms with van der Waals surface area (Å²) >= 11 is 0. The zero-order chi connectivity index (χ0) is 10.8. The van der Waals surface area contributed by atoms with E-state index in [1.165, 1.54) is 6.33 Å². The lowest BCUT2D eigenvalue weighted by Crippen LogP contribution is -2.31. The third kappa shape index (κ3) is 1.63. The molecule has 0 radical (unpaired) electrons. The zero-order valence-electron chi connectivity index (χ0n) is 8.88. The molecule has 0 saturated heterocycles. The van der Waals surface area contributed by atoms with Crippen LogP contribution < -0.4 is 10.6 Å². The van der Waals surface area contributed by atoms with Gasteiger partial charge < -0.3 is 10.6 Å². The Labute approximate surface area is 87.7 Å². The Morgan fingerprint density at radius 3 is 3.00 bits per heavy atom. The number of nitrogens with two attached hydrogens (primary N) is 1. The van der Waals surface area contributed by atoms with E-state index in [2.05, 4.69) is 15.1 Å². The SMILES string of the molecule is CCN(CN)c1cc(C)nc2ncnn12. The molecule has 2 aromatic heterocycles. The maximum Gasteiger partial charge on any atom is 0.254 e. The Bertz CT molecular complexity index is 459. The van der Waals surface area contributed by atoms with Crippen LogP contribution in [0.2, 0.25) is 0 Å². The Morgan fingerprint density at radius 1 is 1.53 bits per heavy atom. The molecule has 0 aliphatic heterocycles. The van der Waals surface area contributed by atoms with E-state index in [0.29, 0.717) is 12.4 Å². The molecule has 0 atom stereocenters. The predicted octanol–water partition coefficient (Wildman–Crippen LogP) is 0.175. The van der Waals surface area contributed by atoms with E-state index in [1.54, 1.807) is 4.52 Å². The first kappa shape index (κ1) is 9.85. The summed E-state index contributed by atoms with van der Waals surface area (Å²) < 4.78 is 1.70. The molecule has 0 aliphatic carbocycles. The van der Waals surface area contributed by atoms with Crippen molar-refractivity contribution in [1.29, 1.82) is 0 Å². The van der Waals surface area contributed by atoms with Crippen molar-refractivity contribution in [2.24, 2.45) is 5.73 Å². The molecule has 15 heavy (non-hydrogen) atoms. The molecule has 0 amide bonds. The average molecular weight is 206 g/mol. The normalized spacial score (nSPS) is 10.9. The molecule has 0 saturated carbocycles. The Hall–Kier alpha value is -1.69.